The second kappa shape index (κ2) is 3.45. The zero-order valence-corrected chi connectivity index (χ0v) is 5.97. The molecule has 1 unspecified atom stereocenters. The molecule has 0 radical (unpaired) electrons. The van der Waals surface area contributed by atoms with Gasteiger partial charge in [0.15, 0.2) is 6.10 Å². The second-order valence-electron chi connectivity index (χ2n) is 1.75. The number of rotatable bonds is 0. The summed E-state index contributed by atoms with van der Waals surface area (Å²) in [7, 11) is 0. The molecule has 1 rings (SSSR count). The zero-order valence-electron chi connectivity index (χ0n) is 5.21. The Hall–Kier alpha value is -0.720. The molecular formula is C6H6ClNO2. The van der Waals surface area contributed by atoms with E-state index in [0.717, 1.165) is 0 Å². The summed E-state index contributed by atoms with van der Waals surface area (Å²) in [6.45, 7) is 0.860. The fourth-order valence-corrected chi connectivity index (χ4v) is 0.768. The van der Waals surface area contributed by atoms with Gasteiger partial charge in [-0.1, -0.05) is 11.6 Å². The van der Waals surface area contributed by atoms with Crippen LogP contribution in [0.2, 0.25) is 0 Å². The molecule has 0 amide bonds. The van der Waals surface area contributed by atoms with Crippen molar-refractivity contribution >= 4 is 11.6 Å². The van der Waals surface area contributed by atoms with Crippen LogP contribution < -0.4 is 0 Å². The van der Waals surface area contributed by atoms with Crippen LogP contribution in [0.3, 0.4) is 0 Å². The summed E-state index contributed by atoms with van der Waals surface area (Å²) < 4.78 is 9.85. The molecular weight excluding hydrogens is 154 g/mol. The van der Waals surface area contributed by atoms with Crippen LogP contribution in [0.15, 0.2) is 11.3 Å². The van der Waals surface area contributed by atoms with Crippen molar-refractivity contribution in [1.82, 2.24) is 0 Å². The van der Waals surface area contributed by atoms with E-state index in [2.05, 4.69) is 0 Å². The lowest BCUT2D eigenvalue weighted by Gasteiger charge is -2.02. The number of hydrogen-bond acceptors (Lipinski definition) is 3. The van der Waals surface area contributed by atoms with Crippen LogP contribution in [0.25, 0.3) is 0 Å². The number of nitriles is 1. The van der Waals surface area contributed by atoms with Gasteiger partial charge in [-0.05, 0) is 0 Å². The molecule has 54 valence electrons. The minimum Gasteiger partial charge on any atom is -0.497 e. The van der Waals surface area contributed by atoms with Gasteiger partial charge >= 0.3 is 0 Å². The van der Waals surface area contributed by atoms with Gasteiger partial charge in [-0.25, -0.2) is 0 Å². The second-order valence-corrected chi connectivity index (χ2v) is 2.19. The first kappa shape index (κ1) is 7.39. The van der Waals surface area contributed by atoms with Crippen molar-refractivity contribution in [1.29, 1.82) is 5.26 Å². The van der Waals surface area contributed by atoms with Gasteiger partial charge in [0.05, 0.1) is 11.6 Å². The molecule has 0 bridgehead atoms. The molecule has 10 heavy (non-hydrogen) atoms. The summed E-state index contributed by atoms with van der Waals surface area (Å²) in [5.74, 6) is 0. The van der Waals surface area contributed by atoms with Gasteiger partial charge in [-0.2, -0.15) is 5.26 Å². The molecule has 1 heterocycles. The van der Waals surface area contributed by atoms with Gasteiger partial charge in [0, 0.05) is 0 Å². The highest BCUT2D eigenvalue weighted by Gasteiger charge is 2.14. The molecule has 0 saturated carbocycles. The quantitative estimate of drug-likeness (QED) is 0.530. The standard InChI is InChI=1S/C6H6ClNO2/c7-5-4-9-1-2-10-6(5)3-8/h4,6H,1-2H2. The highest BCUT2D eigenvalue weighted by molar-refractivity contribution is 6.30. The predicted octanol–water partition coefficient (Wildman–Crippen LogP) is 1.01. The van der Waals surface area contributed by atoms with Crippen molar-refractivity contribution in [2.45, 2.75) is 6.10 Å². The van der Waals surface area contributed by atoms with E-state index in [1.54, 1.807) is 0 Å². The molecule has 0 aromatic heterocycles. The maximum Gasteiger partial charge on any atom is 0.182 e. The van der Waals surface area contributed by atoms with E-state index in [4.69, 9.17) is 26.3 Å². The van der Waals surface area contributed by atoms with Crippen LogP contribution in [0.5, 0.6) is 0 Å². The first-order valence-electron chi connectivity index (χ1n) is 2.83. The normalized spacial score (nSPS) is 25.6. The third-order valence-corrected chi connectivity index (χ3v) is 1.34. The van der Waals surface area contributed by atoms with E-state index in [9.17, 15) is 0 Å². The Morgan fingerprint density at radius 3 is 3.20 bits per heavy atom. The van der Waals surface area contributed by atoms with Crippen molar-refractivity contribution in [3.05, 3.63) is 11.3 Å². The van der Waals surface area contributed by atoms with Gasteiger partial charge in [-0.15, -0.1) is 0 Å². The van der Waals surface area contributed by atoms with E-state index in [-0.39, 0.29) is 0 Å². The molecule has 0 aromatic rings. The average molecular weight is 160 g/mol. The third-order valence-electron chi connectivity index (χ3n) is 1.05. The number of nitrogens with zero attached hydrogens (tertiary/aromatic N) is 1. The van der Waals surface area contributed by atoms with E-state index >= 15 is 0 Å². The van der Waals surface area contributed by atoms with Gasteiger partial charge in [0.2, 0.25) is 0 Å². The first-order valence-corrected chi connectivity index (χ1v) is 3.21. The summed E-state index contributed by atoms with van der Waals surface area (Å²) in [4.78, 5) is 0. The minimum atomic E-state index is -0.649. The van der Waals surface area contributed by atoms with Crippen LogP contribution >= 0.6 is 11.6 Å². The van der Waals surface area contributed by atoms with Gasteiger partial charge in [-0.3, -0.25) is 0 Å². The lowest BCUT2D eigenvalue weighted by molar-refractivity contribution is 0.0899. The zero-order chi connectivity index (χ0) is 7.40. The fourth-order valence-electron chi connectivity index (χ4n) is 0.593. The van der Waals surface area contributed by atoms with E-state index in [1.165, 1.54) is 6.26 Å². The maximum atomic E-state index is 8.43. The Kier molecular flexibility index (Phi) is 2.55. The van der Waals surface area contributed by atoms with E-state index in [1.807, 2.05) is 6.07 Å². The number of ether oxygens (including phenoxy) is 2. The lowest BCUT2D eigenvalue weighted by atomic mass is 10.4. The third kappa shape index (κ3) is 1.63. The molecule has 0 spiro atoms. The van der Waals surface area contributed by atoms with Crippen molar-refractivity contribution in [3.63, 3.8) is 0 Å². The SMILES string of the molecule is N#CC1OCCOC=C1Cl. The summed E-state index contributed by atoms with van der Waals surface area (Å²) in [6, 6.07) is 1.89. The highest BCUT2D eigenvalue weighted by Crippen LogP contribution is 2.13. The summed E-state index contributed by atoms with van der Waals surface area (Å²) >= 11 is 5.58. The number of halogens is 1. The van der Waals surface area contributed by atoms with Crippen LogP contribution in [0.4, 0.5) is 0 Å². The number of hydrogen-bond donors (Lipinski definition) is 0. The Labute approximate surface area is 63.8 Å². The molecule has 1 aliphatic rings. The smallest absolute Gasteiger partial charge is 0.182 e. The van der Waals surface area contributed by atoms with Crippen molar-refractivity contribution in [3.8, 4) is 6.07 Å². The van der Waals surface area contributed by atoms with Gasteiger partial charge in [0.25, 0.3) is 0 Å². The largest absolute Gasteiger partial charge is 0.497 e. The summed E-state index contributed by atoms with van der Waals surface area (Å²) in [5.41, 5.74) is 0. The molecule has 0 aliphatic carbocycles. The Morgan fingerprint density at radius 2 is 2.50 bits per heavy atom. The van der Waals surface area contributed by atoms with Crippen molar-refractivity contribution in [2.75, 3.05) is 13.2 Å². The lowest BCUT2D eigenvalue weighted by Crippen LogP contribution is -2.10. The Balaban J connectivity index is 2.62. The molecule has 0 saturated heterocycles. The van der Waals surface area contributed by atoms with Gasteiger partial charge < -0.3 is 9.47 Å². The molecule has 4 heteroatoms. The first-order chi connectivity index (χ1) is 4.84. The topological polar surface area (TPSA) is 42.2 Å². The fraction of sp³-hybridized carbons (Fsp3) is 0.500. The molecule has 1 atom stereocenters. The summed E-state index contributed by atoms with van der Waals surface area (Å²) in [6.07, 6.45) is 0.701. The highest BCUT2D eigenvalue weighted by atomic mass is 35.5. The summed E-state index contributed by atoms with van der Waals surface area (Å²) in [5, 5.41) is 8.74. The van der Waals surface area contributed by atoms with Crippen LogP contribution in [-0.4, -0.2) is 19.3 Å². The molecule has 3 nitrogen and oxygen atoms in total. The van der Waals surface area contributed by atoms with E-state index in [0.29, 0.717) is 18.2 Å². The van der Waals surface area contributed by atoms with Crippen molar-refractivity contribution in [2.24, 2.45) is 0 Å². The van der Waals surface area contributed by atoms with Crippen molar-refractivity contribution < 1.29 is 9.47 Å². The van der Waals surface area contributed by atoms with Crippen LogP contribution in [0.1, 0.15) is 0 Å². The monoisotopic (exact) mass is 159 g/mol. The molecule has 1 aliphatic heterocycles. The van der Waals surface area contributed by atoms with Crippen LogP contribution in [-0.2, 0) is 9.47 Å². The Morgan fingerprint density at radius 1 is 1.70 bits per heavy atom. The maximum absolute atomic E-state index is 8.43. The molecule has 0 fully saturated rings. The Bertz CT molecular complexity index is 185. The molecule has 0 aromatic carbocycles. The predicted molar refractivity (Wildman–Crippen MR) is 35.2 cm³/mol. The average Bonchev–Trinajstić information content (AvgIpc) is 2.13. The van der Waals surface area contributed by atoms with Gasteiger partial charge in [0.1, 0.15) is 18.9 Å². The van der Waals surface area contributed by atoms with E-state index < -0.39 is 6.10 Å². The molecule has 0 N–H and O–H groups in total. The minimum absolute atomic E-state index is 0.306. The van der Waals surface area contributed by atoms with Crippen LogP contribution in [0, 0.1) is 11.3 Å².